The summed E-state index contributed by atoms with van der Waals surface area (Å²) in [5.74, 6) is -3.75. The number of carboxylic acid groups (broad SMARTS) is 1. The van der Waals surface area contributed by atoms with Crippen molar-refractivity contribution in [3.8, 4) is 0 Å². The van der Waals surface area contributed by atoms with Gasteiger partial charge in [-0.15, -0.1) is 0 Å². The molecule has 2 aromatic rings. The van der Waals surface area contributed by atoms with Crippen LogP contribution in [0.1, 0.15) is 19.4 Å². The molecule has 1 aromatic carbocycles. The fraction of sp³-hybridized carbons (Fsp3) is 0.429. The van der Waals surface area contributed by atoms with E-state index in [1.807, 2.05) is 24.3 Å². The van der Waals surface area contributed by atoms with Crippen molar-refractivity contribution in [1.29, 1.82) is 0 Å². The van der Waals surface area contributed by atoms with E-state index in [4.69, 9.17) is 5.73 Å². The number of fused-ring (bicyclic) bond motifs is 1. The van der Waals surface area contributed by atoms with Crippen LogP contribution in [0, 0.1) is 0 Å². The molecule has 2 rings (SSSR count). The van der Waals surface area contributed by atoms with Crippen molar-refractivity contribution in [1.82, 2.24) is 20.9 Å². The number of benzene rings is 1. The van der Waals surface area contributed by atoms with Crippen LogP contribution in [0.3, 0.4) is 0 Å². The summed E-state index contributed by atoms with van der Waals surface area (Å²) in [6.07, 6.45) is 0.505. The maximum absolute atomic E-state index is 12.5. The number of para-hydroxylation sites is 1. The largest absolute Gasteiger partial charge is 0.480 e. The van der Waals surface area contributed by atoms with Crippen molar-refractivity contribution >= 4 is 34.6 Å². The van der Waals surface area contributed by atoms with Crippen molar-refractivity contribution in [2.24, 2.45) is 5.73 Å². The SMILES string of the molecule is CC(NC(=O)C(CO)NC(=O)C(N)C(C)O)C(=O)NC(Cc1c[nH]c2ccccc12)C(=O)O. The number of carbonyl (C=O) groups is 4. The Morgan fingerprint density at radius 1 is 1.00 bits per heavy atom. The molecule has 0 bridgehead atoms. The molecule has 5 unspecified atom stereocenters. The van der Waals surface area contributed by atoms with Crippen molar-refractivity contribution in [3.63, 3.8) is 0 Å². The Labute approximate surface area is 189 Å². The number of amides is 3. The third-order valence-electron chi connectivity index (χ3n) is 5.10. The zero-order valence-corrected chi connectivity index (χ0v) is 18.2. The number of carboxylic acids is 1. The third kappa shape index (κ3) is 6.75. The van der Waals surface area contributed by atoms with E-state index in [2.05, 4.69) is 20.9 Å². The van der Waals surface area contributed by atoms with Crippen LogP contribution in [-0.4, -0.2) is 80.9 Å². The van der Waals surface area contributed by atoms with Crippen molar-refractivity contribution < 1.29 is 34.5 Å². The number of aliphatic hydroxyl groups excluding tert-OH is 2. The zero-order valence-electron chi connectivity index (χ0n) is 18.2. The second-order valence-electron chi connectivity index (χ2n) is 7.70. The van der Waals surface area contributed by atoms with Crippen LogP contribution in [0.2, 0.25) is 0 Å². The van der Waals surface area contributed by atoms with Gasteiger partial charge in [0.1, 0.15) is 24.2 Å². The lowest BCUT2D eigenvalue weighted by molar-refractivity contribution is -0.142. The Morgan fingerprint density at radius 2 is 1.64 bits per heavy atom. The molecule has 0 saturated heterocycles. The van der Waals surface area contributed by atoms with Crippen LogP contribution in [0.4, 0.5) is 0 Å². The first-order valence-electron chi connectivity index (χ1n) is 10.3. The maximum Gasteiger partial charge on any atom is 0.326 e. The van der Waals surface area contributed by atoms with Gasteiger partial charge in [-0.2, -0.15) is 0 Å². The maximum atomic E-state index is 12.5. The monoisotopic (exact) mass is 463 g/mol. The molecule has 0 spiro atoms. The summed E-state index contributed by atoms with van der Waals surface area (Å²) < 4.78 is 0. The van der Waals surface area contributed by atoms with Gasteiger partial charge in [0.15, 0.2) is 0 Å². The van der Waals surface area contributed by atoms with Gasteiger partial charge < -0.3 is 42.0 Å². The van der Waals surface area contributed by atoms with Gasteiger partial charge in [0, 0.05) is 23.5 Å². The van der Waals surface area contributed by atoms with Gasteiger partial charge in [0.2, 0.25) is 17.7 Å². The Balaban J connectivity index is 1.99. The molecule has 0 aliphatic heterocycles. The molecule has 1 aromatic heterocycles. The topological polar surface area (TPSA) is 207 Å². The number of aromatic amines is 1. The summed E-state index contributed by atoms with van der Waals surface area (Å²) in [4.78, 5) is 51.5. The molecule has 0 aliphatic carbocycles. The molecule has 1 heterocycles. The third-order valence-corrected chi connectivity index (χ3v) is 5.10. The van der Waals surface area contributed by atoms with E-state index < -0.39 is 60.6 Å². The van der Waals surface area contributed by atoms with E-state index >= 15 is 0 Å². The Hall–Kier alpha value is -3.48. The predicted octanol–water partition coefficient (Wildman–Crippen LogP) is -2.03. The van der Waals surface area contributed by atoms with Crippen LogP contribution >= 0.6 is 0 Å². The number of aromatic nitrogens is 1. The number of hydrogen-bond donors (Lipinski definition) is 8. The molecule has 0 fully saturated rings. The van der Waals surface area contributed by atoms with Gasteiger partial charge in [-0.3, -0.25) is 14.4 Å². The fourth-order valence-electron chi connectivity index (χ4n) is 3.08. The van der Waals surface area contributed by atoms with E-state index in [0.717, 1.165) is 10.9 Å². The normalized spacial score (nSPS) is 15.7. The van der Waals surface area contributed by atoms with Gasteiger partial charge in [-0.1, -0.05) is 18.2 Å². The lowest BCUT2D eigenvalue weighted by Gasteiger charge is -2.23. The van der Waals surface area contributed by atoms with Crippen LogP contribution in [0.15, 0.2) is 30.5 Å². The lowest BCUT2D eigenvalue weighted by atomic mass is 10.0. The van der Waals surface area contributed by atoms with Crippen molar-refractivity contribution in [2.45, 2.75) is 50.5 Å². The van der Waals surface area contributed by atoms with Gasteiger partial charge in [0.05, 0.1) is 12.7 Å². The highest BCUT2D eigenvalue weighted by Gasteiger charge is 2.29. The molecule has 180 valence electrons. The average molecular weight is 463 g/mol. The molecule has 12 nitrogen and oxygen atoms in total. The summed E-state index contributed by atoms with van der Waals surface area (Å²) in [5.41, 5.74) is 7.02. The van der Waals surface area contributed by atoms with E-state index in [1.54, 1.807) is 6.20 Å². The number of hydrogen-bond acceptors (Lipinski definition) is 7. The van der Waals surface area contributed by atoms with E-state index in [-0.39, 0.29) is 6.42 Å². The van der Waals surface area contributed by atoms with Gasteiger partial charge in [-0.25, -0.2) is 4.79 Å². The van der Waals surface area contributed by atoms with Crippen molar-refractivity contribution in [3.05, 3.63) is 36.0 Å². The molecule has 0 aliphatic rings. The number of nitrogens with two attached hydrogens (primary N) is 1. The fourth-order valence-corrected chi connectivity index (χ4v) is 3.08. The number of aliphatic carboxylic acids is 1. The highest BCUT2D eigenvalue weighted by atomic mass is 16.4. The smallest absolute Gasteiger partial charge is 0.326 e. The van der Waals surface area contributed by atoms with Crippen LogP contribution in [0.25, 0.3) is 10.9 Å². The minimum atomic E-state index is -1.42. The first kappa shape index (κ1) is 25.8. The van der Waals surface area contributed by atoms with Gasteiger partial charge in [0.25, 0.3) is 0 Å². The first-order chi connectivity index (χ1) is 15.5. The molecule has 0 saturated carbocycles. The second-order valence-corrected chi connectivity index (χ2v) is 7.70. The molecule has 12 heteroatoms. The lowest BCUT2D eigenvalue weighted by Crippen LogP contribution is -2.58. The summed E-state index contributed by atoms with van der Waals surface area (Å²) in [6.45, 7) is 1.84. The van der Waals surface area contributed by atoms with Crippen molar-refractivity contribution in [2.75, 3.05) is 6.61 Å². The summed E-state index contributed by atoms with van der Waals surface area (Å²) in [5, 5.41) is 36.0. The zero-order chi connectivity index (χ0) is 24.7. The summed E-state index contributed by atoms with van der Waals surface area (Å²) >= 11 is 0. The second kappa shape index (κ2) is 11.4. The Bertz CT molecular complexity index is 1010. The van der Waals surface area contributed by atoms with Crippen LogP contribution in [-0.2, 0) is 25.6 Å². The minimum Gasteiger partial charge on any atom is -0.480 e. The highest BCUT2D eigenvalue weighted by Crippen LogP contribution is 2.19. The Kier molecular flexibility index (Phi) is 8.91. The molecule has 9 N–H and O–H groups in total. The van der Waals surface area contributed by atoms with E-state index in [1.165, 1.54) is 13.8 Å². The standard InChI is InChI=1S/C21H29N5O7/c1-10(24-19(30)16(9-27)26-20(31)17(22)11(2)28)18(29)25-15(21(32)33)7-12-8-23-14-6-4-3-5-13(12)14/h3-6,8,10-11,15-17,23,27-28H,7,9,22H2,1-2H3,(H,24,30)(H,25,29)(H,26,31)(H,32,33). The molecule has 3 amide bonds. The van der Waals surface area contributed by atoms with Crippen LogP contribution < -0.4 is 21.7 Å². The van der Waals surface area contributed by atoms with Crippen LogP contribution in [0.5, 0.6) is 0 Å². The molecular weight excluding hydrogens is 434 g/mol. The van der Waals surface area contributed by atoms with Gasteiger partial charge >= 0.3 is 5.97 Å². The average Bonchev–Trinajstić information content (AvgIpc) is 3.18. The van der Waals surface area contributed by atoms with Gasteiger partial charge in [-0.05, 0) is 25.5 Å². The number of carbonyl (C=O) groups excluding carboxylic acids is 3. The number of aliphatic hydroxyl groups is 2. The number of H-pyrrole nitrogens is 1. The summed E-state index contributed by atoms with van der Waals surface area (Å²) in [6, 6.07) is 2.17. The predicted molar refractivity (Wildman–Crippen MR) is 118 cm³/mol. The molecule has 0 radical (unpaired) electrons. The highest BCUT2D eigenvalue weighted by molar-refractivity contribution is 5.94. The van der Waals surface area contributed by atoms with E-state index in [9.17, 15) is 34.5 Å². The molecule has 5 atom stereocenters. The Morgan fingerprint density at radius 3 is 2.24 bits per heavy atom. The molecule has 33 heavy (non-hydrogen) atoms. The minimum absolute atomic E-state index is 0.0122. The number of rotatable bonds is 11. The number of nitrogens with one attached hydrogen (secondary N) is 4. The quantitative estimate of drug-likeness (QED) is 0.186. The molecular formula is C21H29N5O7. The summed E-state index contributed by atoms with van der Waals surface area (Å²) in [7, 11) is 0. The first-order valence-corrected chi connectivity index (χ1v) is 10.3. The van der Waals surface area contributed by atoms with E-state index in [0.29, 0.717) is 5.56 Å².